The van der Waals surface area contributed by atoms with Crippen molar-refractivity contribution in [1.82, 2.24) is 15.5 Å². The molecule has 0 spiro atoms. The van der Waals surface area contributed by atoms with E-state index >= 15 is 0 Å². The number of aromatic nitrogens is 2. The molecule has 0 saturated heterocycles. The van der Waals surface area contributed by atoms with E-state index in [4.69, 9.17) is 8.94 Å². The molecule has 0 radical (unpaired) electrons. The molecular weight excluding hydrogens is 398 g/mol. The normalized spacial score (nSPS) is 12.2. The lowest BCUT2D eigenvalue weighted by Gasteiger charge is -2.05. The molecule has 1 unspecified atom stereocenters. The molecule has 0 fully saturated rings. The average Bonchev–Trinajstić information content (AvgIpc) is 2.96. The fourth-order valence-electron chi connectivity index (χ4n) is 2.38. The molecule has 0 aliphatic rings. The maximum atomic E-state index is 12.3. The van der Waals surface area contributed by atoms with Gasteiger partial charge in [0.2, 0.25) is 0 Å². The molecule has 1 aromatic carbocycles. The second-order valence-corrected chi connectivity index (χ2v) is 6.36. The number of benzene rings is 1. The minimum atomic E-state index is -0.478. The van der Waals surface area contributed by atoms with E-state index in [1.54, 1.807) is 6.07 Å². The summed E-state index contributed by atoms with van der Waals surface area (Å²) in [7, 11) is 1.87. The van der Waals surface area contributed by atoms with E-state index in [1.165, 1.54) is 0 Å². The summed E-state index contributed by atoms with van der Waals surface area (Å²) < 4.78 is 11.6. The van der Waals surface area contributed by atoms with Crippen molar-refractivity contribution in [1.29, 1.82) is 0 Å². The third-order valence-corrected chi connectivity index (χ3v) is 4.28. The molecule has 0 amide bonds. The lowest BCUT2D eigenvalue weighted by atomic mass is 10.1. The van der Waals surface area contributed by atoms with Crippen LogP contribution in [0.25, 0.3) is 22.4 Å². The first-order valence-corrected chi connectivity index (χ1v) is 8.02. The monoisotopic (exact) mass is 413 g/mol. The summed E-state index contributed by atoms with van der Waals surface area (Å²) in [4.78, 5) is 16.6. The van der Waals surface area contributed by atoms with Crippen molar-refractivity contribution >= 4 is 39.3 Å². The summed E-state index contributed by atoms with van der Waals surface area (Å²) in [5.41, 5.74) is 1.12. The highest BCUT2D eigenvalue weighted by molar-refractivity contribution is 9.10. The van der Waals surface area contributed by atoms with E-state index in [9.17, 15) is 4.79 Å². The predicted molar refractivity (Wildman–Crippen MR) is 97.7 cm³/mol. The van der Waals surface area contributed by atoms with Crippen LogP contribution in [0.15, 0.2) is 36.4 Å². The van der Waals surface area contributed by atoms with E-state index in [2.05, 4.69) is 31.4 Å². The maximum absolute atomic E-state index is 12.3. The lowest BCUT2D eigenvalue weighted by Crippen LogP contribution is -2.24. The van der Waals surface area contributed by atoms with Crippen LogP contribution in [-0.2, 0) is 6.42 Å². The van der Waals surface area contributed by atoms with Gasteiger partial charge in [-0.2, -0.15) is 4.98 Å². The van der Waals surface area contributed by atoms with Crippen molar-refractivity contribution < 1.29 is 8.94 Å². The molecule has 1 N–H and O–H groups in total. The van der Waals surface area contributed by atoms with Gasteiger partial charge < -0.3 is 14.3 Å². The first-order chi connectivity index (χ1) is 11.0. The fraction of sp³-hybridized carbons (Fsp3) is 0.312. The second-order valence-electron chi connectivity index (χ2n) is 5.44. The van der Waals surface area contributed by atoms with Gasteiger partial charge in [-0.15, -0.1) is 12.4 Å². The highest BCUT2D eigenvalue weighted by Crippen LogP contribution is 2.27. The van der Waals surface area contributed by atoms with Gasteiger partial charge in [-0.05, 0) is 44.7 Å². The summed E-state index contributed by atoms with van der Waals surface area (Å²) in [5.74, 6) is 0.742. The lowest BCUT2D eigenvalue weighted by molar-refractivity contribution is 0.415. The SMILES string of the molecule is CNC(C)Cc1noc(-c2c(C)c3cc(Br)ccc3oc2=O)n1.Cl. The Hall–Kier alpha value is -1.70. The topological polar surface area (TPSA) is 81.2 Å². The van der Waals surface area contributed by atoms with Crippen LogP contribution in [0.4, 0.5) is 0 Å². The molecule has 0 saturated carbocycles. The van der Waals surface area contributed by atoms with Gasteiger partial charge in [-0.3, -0.25) is 0 Å². The van der Waals surface area contributed by atoms with Crippen LogP contribution in [0, 0.1) is 6.92 Å². The molecule has 0 aliphatic heterocycles. The van der Waals surface area contributed by atoms with Gasteiger partial charge in [0.25, 0.3) is 5.89 Å². The fourth-order valence-corrected chi connectivity index (χ4v) is 2.75. The van der Waals surface area contributed by atoms with E-state index in [1.807, 2.05) is 33.0 Å². The number of likely N-dealkylation sites (N-methyl/N-ethyl adjacent to an activating group) is 1. The molecule has 3 aromatic rings. The minimum Gasteiger partial charge on any atom is -0.422 e. The third kappa shape index (κ3) is 3.53. The third-order valence-electron chi connectivity index (χ3n) is 3.79. The van der Waals surface area contributed by atoms with Crippen LogP contribution in [0.5, 0.6) is 0 Å². The van der Waals surface area contributed by atoms with Crippen molar-refractivity contribution in [3.8, 4) is 11.5 Å². The quantitative estimate of drug-likeness (QED) is 0.658. The van der Waals surface area contributed by atoms with Gasteiger partial charge in [0.1, 0.15) is 11.1 Å². The highest BCUT2D eigenvalue weighted by Gasteiger charge is 2.20. The average molecular weight is 415 g/mol. The van der Waals surface area contributed by atoms with Crippen molar-refractivity contribution in [3.63, 3.8) is 0 Å². The van der Waals surface area contributed by atoms with Gasteiger partial charge in [-0.1, -0.05) is 21.1 Å². The van der Waals surface area contributed by atoms with Crippen LogP contribution < -0.4 is 10.9 Å². The van der Waals surface area contributed by atoms with Gasteiger partial charge in [0.05, 0.1) is 0 Å². The molecular formula is C16H17BrClN3O3. The Bertz CT molecular complexity index is 923. The number of hydrogen-bond acceptors (Lipinski definition) is 6. The maximum Gasteiger partial charge on any atom is 0.349 e. The molecule has 2 aromatic heterocycles. The Morgan fingerprint density at radius 3 is 2.83 bits per heavy atom. The number of aryl methyl sites for hydroxylation is 1. The zero-order valence-electron chi connectivity index (χ0n) is 13.4. The minimum absolute atomic E-state index is 0. The molecule has 0 aliphatic carbocycles. The van der Waals surface area contributed by atoms with Gasteiger partial charge in [0, 0.05) is 22.3 Å². The summed E-state index contributed by atoms with van der Waals surface area (Å²) in [6.45, 7) is 3.87. The number of halogens is 2. The molecule has 128 valence electrons. The van der Waals surface area contributed by atoms with Crippen molar-refractivity contribution in [3.05, 3.63) is 44.5 Å². The summed E-state index contributed by atoms with van der Waals surface area (Å²) in [5, 5.41) is 7.88. The predicted octanol–water partition coefficient (Wildman–Crippen LogP) is 3.49. The number of fused-ring (bicyclic) bond motifs is 1. The molecule has 24 heavy (non-hydrogen) atoms. The zero-order chi connectivity index (χ0) is 16.6. The Morgan fingerprint density at radius 1 is 1.38 bits per heavy atom. The molecule has 8 heteroatoms. The first kappa shape index (κ1) is 18.6. The van der Waals surface area contributed by atoms with Crippen molar-refractivity contribution in [2.45, 2.75) is 26.3 Å². The van der Waals surface area contributed by atoms with Gasteiger partial charge in [0.15, 0.2) is 5.82 Å². The molecule has 3 rings (SSSR count). The van der Waals surface area contributed by atoms with E-state index in [-0.39, 0.29) is 24.3 Å². The molecule has 0 bridgehead atoms. The van der Waals surface area contributed by atoms with Gasteiger partial charge in [-0.25, -0.2) is 4.79 Å². The summed E-state index contributed by atoms with van der Waals surface area (Å²) in [6.07, 6.45) is 0.615. The smallest absolute Gasteiger partial charge is 0.349 e. The van der Waals surface area contributed by atoms with Crippen molar-refractivity contribution in [2.24, 2.45) is 0 Å². The van der Waals surface area contributed by atoms with Crippen LogP contribution in [0.3, 0.4) is 0 Å². The first-order valence-electron chi connectivity index (χ1n) is 7.22. The Kier molecular flexibility index (Phi) is 5.79. The number of hydrogen-bond donors (Lipinski definition) is 1. The van der Waals surface area contributed by atoms with E-state index in [0.717, 1.165) is 15.4 Å². The zero-order valence-corrected chi connectivity index (χ0v) is 15.8. The summed E-state index contributed by atoms with van der Waals surface area (Å²) in [6, 6.07) is 5.70. The largest absolute Gasteiger partial charge is 0.422 e. The molecule has 2 heterocycles. The number of nitrogens with zero attached hydrogens (tertiary/aromatic N) is 2. The highest BCUT2D eigenvalue weighted by atomic mass is 79.9. The Labute approximate surface area is 153 Å². The second kappa shape index (κ2) is 7.46. The molecule has 1 atom stereocenters. The van der Waals surface area contributed by atoms with E-state index < -0.39 is 5.63 Å². The Balaban J connectivity index is 0.00000208. The number of nitrogens with one attached hydrogen (secondary N) is 1. The molecule has 6 nitrogen and oxygen atoms in total. The van der Waals surface area contributed by atoms with Crippen LogP contribution in [0.2, 0.25) is 0 Å². The van der Waals surface area contributed by atoms with E-state index in [0.29, 0.717) is 23.4 Å². The van der Waals surface area contributed by atoms with Gasteiger partial charge >= 0.3 is 5.63 Å². The van der Waals surface area contributed by atoms with Crippen molar-refractivity contribution in [2.75, 3.05) is 7.05 Å². The van der Waals surface area contributed by atoms with Crippen LogP contribution in [0.1, 0.15) is 18.3 Å². The van der Waals surface area contributed by atoms with Crippen LogP contribution in [-0.4, -0.2) is 23.2 Å². The number of rotatable bonds is 4. The summed E-state index contributed by atoms with van der Waals surface area (Å²) >= 11 is 3.43. The van der Waals surface area contributed by atoms with Crippen LogP contribution >= 0.6 is 28.3 Å². The standard InChI is InChI=1S/C16H16BrN3O3.ClH/c1-8(18-3)6-13-19-15(23-20-13)14-9(2)11-7-10(17)4-5-12(11)22-16(14)21;/h4-5,7-8,18H,6H2,1-3H3;1H. The Morgan fingerprint density at radius 2 is 2.12 bits per heavy atom.